The second-order valence-corrected chi connectivity index (χ2v) is 3.70. The third-order valence-corrected chi connectivity index (χ3v) is 2.26. The highest BCUT2D eigenvalue weighted by atomic mass is 127. The quantitative estimate of drug-likeness (QED) is 0.673. The lowest BCUT2D eigenvalue weighted by atomic mass is 10.3. The van der Waals surface area contributed by atoms with Crippen LogP contribution in [0.2, 0.25) is 10.0 Å². The molecule has 1 aromatic rings. The lowest BCUT2D eigenvalue weighted by Gasteiger charge is -2.10. The van der Waals surface area contributed by atoms with E-state index in [0.717, 1.165) is 0 Å². The molecule has 1 aromatic carbocycles. The molecule has 0 aromatic heterocycles. The van der Waals surface area contributed by atoms with Crippen LogP contribution in [0.15, 0.2) is 12.1 Å². The van der Waals surface area contributed by atoms with Crippen molar-refractivity contribution in [1.29, 1.82) is 0 Å². The van der Waals surface area contributed by atoms with Crippen molar-refractivity contribution in [2.45, 2.75) is 0 Å². The van der Waals surface area contributed by atoms with Gasteiger partial charge in [0.25, 0.3) is 0 Å². The monoisotopic (exact) mass is 287 g/mol. The van der Waals surface area contributed by atoms with E-state index in [1.54, 1.807) is 6.07 Å². The van der Waals surface area contributed by atoms with E-state index in [-0.39, 0.29) is 10.8 Å². The van der Waals surface area contributed by atoms with Crippen molar-refractivity contribution in [3.05, 3.63) is 25.7 Å². The molecule has 0 aliphatic carbocycles. The Bertz CT molecular complexity index is 239. The number of hydrogen-bond donors (Lipinski definition) is 0. The van der Waals surface area contributed by atoms with E-state index >= 15 is 0 Å². The molecule has 54 valence electrons. The van der Waals surface area contributed by atoms with Gasteiger partial charge in [-0.05, 0) is 34.7 Å². The summed E-state index contributed by atoms with van der Waals surface area (Å²) in [6, 6.07) is 3.02. The van der Waals surface area contributed by atoms with Crippen molar-refractivity contribution in [3.8, 4) is 5.75 Å². The van der Waals surface area contributed by atoms with Gasteiger partial charge in [-0.25, -0.2) is 0 Å². The molecule has 10 heavy (non-hydrogen) atoms. The van der Waals surface area contributed by atoms with Crippen molar-refractivity contribution in [2.75, 3.05) is 0 Å². The minimum Gasteiger partial charge on any atom is -0.871 e. The predicted molar refractivity (Wildman–Crippen MR) is 48.6 cm³/mol. The van der Waals surface area contributed by atoms with Gasteiger partial charge in [0.05, 0.1) is 0 Å². The standard InChI is InChI=1S/C6H3Cl2IO/c7-3-1-4(8)6(10)5(9)2-3/h1-2,10H/p-1. The van der Waals surface area contributed by atoms with Gasteiger partial charge in [-0.2, -0.15) is 0 Å². The summed E-state index contributed by atoms with van der Waals surface area (Å²) in [7, 11) is 0. The Kier molecular flexibility index (Phi) is 2.66. The van der Waals surface area contributed by atoms with Crippen LogP contribution in [0.25, 0.3) is 0 Å². The fourth-order valence-corrected chi connectivity index (χ4v) is 1.99. The lowest BCUT2D eigenvalue weighted by molar-refractivity contribution is -0.269. The summed E-state index contributed by atoms with van der Waals surface area (Å²) >= 11 is 13.0. The van der Waals surface area contributed by atoms with Gasteiger partial charge < -0.3 is 5.11 Å². The van der Waals surface area contributed by atoms with Gasteiger partial charge in [0.1, 0.15) is 0 Å². The third-order valence-electron chi connectivity index (χ3n) is 0.963. The first-order chi connectivity index (χ1) is 4.61. The van der Waals surface area contributed by atoms with Crippen molar-refractivity contribution in [2.24, 2.45) is 0 Å². The van der Waals surface area contributed by atoms with Crippen LogP contribution in [0.1, 0.15) is 0 Å². The minimum absolute atomic E-state index is 0.160. The van der Waals surface area contributed by atoms with E-state index in [4.69, 9.17) is 23.2 Å². The summed E-state index contributed by atoms with van der Waals surface area (Å²) in [5.74, 6) is -0.160. The SMILES string of the molecule is [O-]c1c(Cl)cc(Cl)cc1I. The van der Waals surface area contributed by atoms with Gasteiger partial charge in [0.15, 0.2) is 0 Å². The zero-order valence-electron chi connectivity index (χ0n) is 4.70. The molecule has 0 bridgehead atoms. The van der Waals surface area contributed by atoms with E-state index in [1.165, 1.54) is 6.07 Å². The number of halogens is 3. The van der Waals surface area contributed by atoms with Gasteiger partial charge >= 0.3 is 0 Å². The van der Waals surface area contributed by atoms with Crippen LogP contribution in [0, 0.1) is 3.57 Å². The second kappa shape index (κ2) is 3.15. The first kappa shape index (κ1) is 8.43. The first-order valence-electron chi connectivity index (χ1n) is 2.43. The maximum Gasteiger partial charge on any atom is 0.0430 e. The van der Waals surface area contributed by atoms with E-state index in [9.17, 15) is 5.11 Å². The number of rotatable bonds is 0. The van der Waals surface area contributed by atoms with Gasteiger partial charge in [0, 0.05) is 13.6 Å². The van der Waals surface area contributed by atoms with Crippen molar-refractivity contribution < 1.29 is 5.11 Å². The molecular weight excluding hydrogens is 286 g/mol. The molecule has 0 fully saturated rings. The summed E-state index contributed by atoms with van der Waals surface area (Å²) in [5, 5.41) is 11.6. The van der Waals surface area contributed by atoms with Crippen molar-refractivity contribution in [3.63, 3.8) is 0 Å². The molecule has 0 N–H and O–H groups in total. The van der Waals surface area contributed by atoms with Gasteiger partial charge in [-0.1, -0.05) is 29.0 Å². The summed E-state index contributed by atoms with van der Waals surface area (Å²) in [6.45, 7) is 0. The summed E-state index contributed by atoms with van der Waals surface area (Å²) in [4.78, 5) is 0. The molecule has 0 saturated carbocycles. The Hall–Kier alpha value is 0.330. The molecule has 0 heterocycles. The van der Waals surface area contributed by atoms with E-state index in [2.05, 4.69) is 0 Å². The van der Waals surface area contributed by atoms with Crippen LogP contribution in [0.3, 0.4) is 0 Å². The fraction of sp³-hybridized carbons (Fsp3) is 0. The van der Waals surface area contributed by atoms with Gasteiger partial charge in [-0.3, -0.25) is 0 Å². The molecule has 0 spiro atoms. The smallest absolute Gasteiger partial charge is 0.0430 e. The van der Waals surface area contributed by atoms with E-state index in [0.29, 0.717) is 8.59 Å². The lowest BCUT2D eigenvalue weighted by Crippen LogP contribution is -1.93. The third kappa shape index (κ3) is 1.68. The molecule has 1 nitrogen and oxygen atoms in total. The minimum atomic E-state index is -0.160. The maximum absolute atomic E-state index is 10.9. The average molecular weight is 288 g/mol. The second-order valence-electron chi connectivity index (χ2n) is 1.70. The Morgan fingerprint density at radius 2 is 1.90 bits per heavy atom. The van der Waals surface area contributed by atoms with Gasteiger partial charge in [0.2, 0.25) is 0 Å². The Labute approximate surface area is 82.1 Å². The van der Waals surface area contributed by atoms with Crippen LogP contribution >= 0.6 is 45.8 Å². The van der Waals surface area contributed by atoms with Crippen molar-refractivity contribution >= 4 is 45.8 Å². The number of hydrogen-bond acceptors (Lipinski definition) is 1. The molecule has 0 atom stereocenters. The first-order valence-corrected chi connectivity index (χ1v) is 4.26. The van der Waals surface area contributed by atoms with E-state index in [1.807, 2.05) is 22.6 Å². The van der Waals surface area contributed by atoms with Crippen LogP contribution < -0.4 is 5.11 Å². The molecule has 0 radical (unpaired) electrons. The molecule has 1 rings (SSSR count). The topological polar surface area (TPSA) is 23.1 Å². The Morgan fingerprint density at radius 1 is 1.30 bits per heavy atom. The normalized spacial score (nSPS) is 9.90. The molecule has 0 unspecified atom stereocenters. The molecule has 0 amide bonds. The Morgan fingerprint density at radius 3 is 2.40 bits per heavy atom. The highest BCUT2D eigenvalue weighted by molar-refractivity contribution is 14.1. The van der Waals surface area contributed by atoms with Crippen LogP contribution in [-0.2, 0) is 0 Å². The summed E-state index contributed by atoms with van der Waals surface area (Å²) < 4.78 is 0.551. The zero-order valence-corrected chi connectivity index (χ0v) is 8.37. The number of benzene rings is 1. The van der Waals surface area contributed by atoms with Crippen LogP contribution in [0.5, 0.6) is 5.75 Å². The average Bonchev–Trinajstić information content (AvgIpc) is 1.82. The van der Waals surface area contributed by atoms with Crippen LogP contribution in [0.4, 0.5) is 0 Å². The molecule has 4 heteroatoms. The largest absolute Gasteiger partial charge is 0.871 e. The maximum atomic E-state index is 10.9. The fourth-order valence-electron chi connectivity index (χ4n) is 0.529. The predicted octanol–water partition coefficient (Wildman–Crippen LogP) is 2.67. The van der Waals surface area contributed by atoms with Gasteiger partial charge in [-0.15, -0.1) is 0 Å². The highest BCUT2D eigenvalue weighted by Crippen LogP contribution is 2.29. The molecular formula is C6H2Cl2IO-. The summed E-state index contributed by atoms with van der Waals surface area (Å²) in [5.41, 5.74) is 0. The summed E-state index contributed by atoms with van der Waals surface area (Å²) in [6.07, 6.45) is 0. The van der Waals surface area contributed by atoms with E-state index < -0.39 is 0 Å². The highest BCUT2D eigenvalue weighted by Gasteiger charge is 1.96. The Balaban J connectivity index is 3.31. The zero-order chi connectivity index (χ0) is 7.72. The molecule has 0 saturated heterocycles. The van der Waals surface area contributed by atoms with Crippen molar-refractivity contribution in [1.82, 2.24) is 0 Å². The molecule has 0 aliphatic rings. The molecule has 0 aliphatic heterocycles. The van der Waals surface area contributed by atoms with Crippen LogP contribution in [-0.4, -0.2) is 0 Å².